The van der Waals surface area contributed by atoms with Crippen molar-refractivity contribution in [3.8, 4) is 0 Å². The average molecular weight is 346 g/mol. The topological polar surface area (TPSA) is 12.0 Å². The smallest absolute Gasteiger partial charge is 0.144 e. The van der Waals surface area contributed by atoms with E-state index in [2.05, 4.69) is 21.2 Å². The van der Waals surface area contributed by atoms with Gasteiger partial charge in [0.25, 0.3) is 0 Å². The van der Waals surface area contributed by atoms with Gasteiger partial charge in [0, 0.05) is 23.0 Å². The molecule has 1 atom stereocenters. The van der Waals surface area contributed by atoms with E-state index in [1.807, 2.05) is 24.4 Å². The molecule has 5 heteroatoms. The molecule has 0 radical (unpaired) electrons. The van der Waals surface area contributed by atoms with Gasteiger partial charge in [-0.05, 0) is 45.9 Å². The standard InChI is InChI=1S/C14H14BrF2NS/c1-2-12(13-4-3-7-19-13)18-8-9-11(16)6-5-10(15)14(9)17/h3-7,12,18H,2,8H2,1H3. The molecule has 0 aliphatic carbocycles. The lowest BCUT2D eigenvalue weighted by molar-refractivity contribution is 0.486. The molecular weight excluding hydrogens is 332 g/mol. The maximum atomic E-state index is 13.8. The van der Waals surface area contributed by atoms with Crippen LogP contribution in [0.1, 0.15) is 29.8 Å². The van der Waals surface area contributed by atoms with E-state index in [1.54, 1.807) is 11.3 Å². The van der Waals surface area contributed by atoms with E-state index in [-0.39, 0.29) is 22.6 Å². The van der Waals surface area contributed by atoms with E-state index in [0.717, 1.165) is 6.42 Å². The minimum absolute atomic E-state index is 0.0735. The second-order valence-corrected chi connectivity index (χ2v) is 6.01. The maximum Gasteiger partial charge on any atom is 0.144 e. The van der Waals surface area contributed by atoms with Crippen molar-refractivity contribution in [2.75, 3.05) is 0 Å². The molecule has 0 amide bonds. The number of benzene rings is 1. The van der Waals surface area contributed by atoms with Crippen molar-refractivity contribution < 1.29 is 8.78 Å². The van der Waals surface area contributed by atoms with Gasteiger partial charge in [-0.1, -0.05) is 13.0 Å². The highest BCUT2D eigenvalue weighted by atomic mass is 79.9. The Balaban J connectivity index is 2.12. The molecule has 1 unspecified atom stereocenters. The van der Waals surface area contributed by atoms with Gasteiger partial charge >= 0.3 is 0 Å². The van der Waals surface area contributed by atoms with E-state index >= 15 is 0 Å². The molecule has 0 saturated heterocycles. The summed E-state index contributed by atoms with van der Waals surface area (Å²) in [4.78, 5) is 1.18. The Hall–Kier alpha value is -0.780. The fourth-order valence-corrected chi connectivity index (χ4v) is 3.15. The minimum Gasteiger partial charge on any atom is -0.305 e. The second-order valence-electron chi connectivity index (χ2n) is 4.18. The highest BCUT2D eigenvalue weighted by molar-refractivity contribution is 9.10. The van der Waals surface area contributed by atoms with Crippen LogP contribution >= 0.6 is 27.3 Å². The molecule has 0 bridgehead atoms. The Kier molecular flexibility index (Phi) is 5.07. The van der Waals surface area contributed by atoms with Gasteiger partial charge < -0.3 is 5.32 Å². The van der Waals surface area contributed by atoms with Crippen LogP contribution in [0.4, 0.5) is 8.78 Å². The molecule has 1 heterocycles. The lowest BCUT2D eigenvalue weighted by Crippen LogP contribution is -2.21. The monoisotopic (exact) mass is 345 g/mol. The Bertz CT molecular complexity index is 543. The summed E-state index contributed by atoms with van der Waals surface area (Å²) < 4.78 is 27.8. The molecule has 0 fully saturated rings. The largest absolute Gasteiger partial charge is 0.305 e. The lowest BCUT2D eigenvalue weighted by atomic mass is 10.1. The van der Waals surface area contributed by atoms with Crippen LogP contribution in [-0.2, 0) is 6.54 Å². The van der Waals surface area contributed by atoms with Crippen molar-refractivity contribution in [3.05, 3.63) is 56.2 Å². The first-order chi connectivity index (χ1) is 9.13. The van der Waals surface area contributed by atoms with E-state index in [9.17, 15) is 8.78 Å². The quantitative estimate of drug-likeness (QED) is 0.749. The third-order valence-electron chi connectivity index (χ3n) is 2.96. The summed E-state index contributed by atoms with van der Waals surface area (Å²) in [5.74, 6) is -1.05. The van der Waals surface area contributed by atoms with Gasteiger partial charge in [-0.15, -0.1) is 11.3 Å². The summed E-state index contributed by atoms with van der Waals surface area (Å²) in [6.07, 6.45) is 0.873. The van der Waals surface area contributed by atoms with Crippen molar-refractivity contribution >= 4 is 27.3 Å². The van der Waals surface area contributed by atoms with Crippen LogP contribution in [0.5, 0.6) is 0 Å². The van der Waals surface area contributed by atoms with Crippen LogP contribution in [0.15, 0.2) is 34.1 Å². The number of nitrogens with one attached hydrogen (secondary N) is 1. The summed E-state index contributed by atoms with van der Waals surface area (Å²) in [5, 5.41) is 5.21. The van der Waals surface area contributed by atoms with E-state index in [1.165, 1.54) is 17.0 Å². The van der Waals surface area contributed by atoms with Gasteiger partial charge in [0.15, 0.2) is 0 Å². The highest BCUT2D eigenvalue weighted by Crippen LogP contribution is 2.25. The molecule has 0 aliphatic rings. The van der Waals surface area contributed by atoms with Crippen LogP contribution < -0.4 is 5.32 Å². The zero-order valence-electron chi connectivity index (χ0n) is 10.4. The van der Waals surface area contributed by atoms with E-state index in [0.29, 0.717) is 0 Å². The Morgan fingerprint density at radius 2 is 2.11 bits per heavy atom. The van der Waals surface area contributed by atoms with Crippen molar-refractivity contribution in [2.24, 2.45) is 0 Å². The minimum atomic E-state index is -0.534. The van der Waals surface area contributed by atoms with Crippen molar-refractivity contribution in [2.45, 2.75) is 25.9 Å². The Morgan fingerprint density at radius 1 is 1.32 bits per heavy atom. The predicted molar refractivity (Wildman–Crippen MR) is 78.2 cm³/mol. The fourth-order valence-electron chi connectivity index (χ4n) is 1.89. The predicted octanol–water partition coefficient (Wildman–Crippen LogP) is 5.03. The van der Waals surface area contributed by atoms with Gasteiger partial charge in [0.05, 0.1) is 4.47 Å². The van der Waals surface area contributed by atoms with Crippen molar-refractivity contribution in [1.29, 1.82) is 0 Å². The number of halogens is 3. The molecule has 1 nitrogen and oxygen atoms in total. The first-order valence-corrected chi connectivity index (χ1v) is 7.70. The Labute approximate surface area is 123 Å². The van der Waals surface area contributed by atoms with Gasteiger partial charge in [0.2, 0.25) is 0 Å². The average Bonchev–Trinajstić information content (AvgIpc) is 2.92. The summed E-state index contributed by atoms with van der Waals surface area (Å²) >= 11 is 4.72. The van der Waals surface area contributed by atoms with Crippen LogP contribution in [-0.4, -0.2) is 0 Å². The van der Waals surface area contributed by atoms with Gasteiger partial charge in [-0.3, -0.25) is 0 Å². The molecule has 0 spiro atoms. The molecule has 2 rings (SSSR count). The molecule has 1 aromatic heterocycles. The number of rotatable bonds is 5. The molecule has 0 saturated carbocycles. The second kappa shape index (κ2) is 6.59. The number of hydrogen-bond donors (Lipinski definition) is 1. The molecule has 2 aromatic rings. The fraction of sp³-hybridized carbons (Fsp3) is 0.286. The number of hydrogen-bond acceptors (Lipinski definition) is 2. The van der Waals surface area contributed by atoms with Gasteiger partial charge in [0.1, 0.15) is 11.6 Å². The molecule has 1 aromatic carbocycles. The summed E-state index contributed by atoms with van der Waals surface area (Å²) in [6.45, 7) is 2.22. The third kappa shape index (κ3) is 3.41. The normalized spacial score (nSPS) is 12.6. The van der Waals surface area contributed by atoms with Crippen LogP contribution in [0.3, 0.4) is 0 Å². The lowest BCUT2D eigenvalue weighted by Gasteiger charge is -2.16. The SMILES string of the molecule is CCC(NCc1c(F)ccc(Br)c1F)c1cccs1. The van der Waals surface area contributed by atoms with Gasteiger partial charge in [-0.2, -0.15) is 0 Å². The molecule has 102 valence electrons. The zero-order chi connectivity index (χ0) is 13.8. The van der Waals surface area contributed by atoms with Crippen LogP contribution in [0.2, 0.25) is 0 Å². The van der Waals surface area contributed by atoms with E-state index in [4.69, 9.17) is 0 Å². The highest BCUT2D eigenvalue weighted by Gasteiger charge is 2.15. The summed E-state index contributed by atoms with van der Waals surface area (Å²) in [6, 6.07) is 6.78. The van der Waals surface area contributed by atoms with Crippen LogP contribution in [0.25, 0.3) is 0 Å². The first kappa shape index (κ1) is 14.6. The van der Waals surface area contributed by atoms with Crippen LogP contribution in [0, 0.1) is 11.6 Å². The molecular formula is C14H14BrF2NS. The molecule has 0 aliphatic heterocycles. The number of thiophene rings is 1. The first-order valence-electron chi connectivity index (χ1n) is 6.02. The molecule has 1 N–H and O–H groups in total. The van der Waals surface area contributed by atoms with Crippen molar-refractivity contribution in [3.63, 3.8) is 0 Å². The van der Waals surface area contributed by atoms with Crippen molar-refractivity contribution in [1.82, 2.24) is 5.32 Å². The third-order valence-corrected chi connectivity index (χ3v) is 4.56. The summed E-state index contributed by atoms with van der Waals surface area (Å²) in [7, 11) is 0. The Morgan fingerprint density at radius 3 is 2.74 bits per heavy atom. The summed E-state index contributed by atoms with van der Waals surface area (Å²) in [5.41, 5.74) is 0.0735. The van der Waals surface area contributed by atoms with E-state index < -0.39 is 11.6 Å². The maximum absolute atomic E-state index is 13.8. The zero-order valence-corrected chi connectivity index (χ0v) is 12.8. The van der Waals surface area contributed by atoms with Gasteiger partial charge in [-0.25, -0.2) is 8.78 Å². The molecule has 19 heavy (non-hydrogen) atoms.